The molecular formula is C26H25N3O3. The van der Waals surface area contributed by atoms with Gasteiger partial charge in [-0.05, 0) is 48.6 Å². The van der Waals surface area contributed by atoms with E-state index in [1.54, 1.807) is 23.1 Å². The predicted octanol–water partition coefficient (Wildman–Crippen LogP) is 4.16. The highest BCUT2D eigenvalue weighted by molar-refractivity contribution is 5.95. The summed E-state index contributed by atoms with van der Waals surface area (Å²) in [6.07, 6.45) is 5.62. The topological polar surface area (TPSA) is 73.2 Å². The minimum absolute atomic E-state index is 0.108. The van der Waals surface area contributed by atoms with Crippen molar-refractivity contribution in [1.29, 1.82) is 0 Å². The molecule has 1 aliphatic heterocycles. The van der Waals surface area contributed by atoms with Crippen LogP contribution in [0.25, 0.3) is 0 Å². The smallest absolute Gasteiger partial charge is 0.313 e. The van der Waals surface area contributed by atoms with E-state index in [-0.39, 0.29) is 17.8 Å². The molecule has 0 bridgehead atoms. The fourth-order valence-electron chi connectivity index (χ4n) is 5.04. The maximum Gasteiger partial charge on any atom is 0.313 e. The Bertz CT molecular complexity index is 1140. The molecule has 2 aliphatic rings. The normalized spacial score (nSPS) is 22.9. The van der Waals surface area contributed by atoms with Crippen LogP contribution in [0.4, 0.5) is 5.69 Å². The van der Waals surface area contributed by atoms with Gasteiger partial charge in [-0.2, -0.15) is 5.10 Å². The molecule has 162 valence electrons. The van der Waals surface area contributed by atoms with Gasteiger partial charge in [-0.3, -0.25) is 14.3 Å². The fraction of sp³-hybridized carbons (Fsp3) is 0.269. The molecule has 0 radical (unpaired) electrons. The lowest BCUT2D eigenvalue weighted by atomic mass is 9.75. The van der Waals surface area contributed by atoms with Gasteiger partial charge in [0.2, 0.25) is 0 Å². The van der Waals surface area contributed by atoms with Crippen LogP contribution in [0.3, 0.4) is 0 Å². The van der Waals surface area contributed by atoms with E-state index in [1.165, 1.54) is 0 Å². The molecule has 1 saturated carbocycles. The molecule has 2 fully saturated rings. The summed E-state index contributed by atoms with van der Waals surface area (Å²) in [6.45, 7) is 4.59. The summed E-state index contributed by atoms with van der Waals surface area (Å²) in [5.74, 6) is -0.0659. The van der Waals surface area contributed by atoms with Crippen molar-refractivity contribution in [2.75, 3.05) is 11.9 Å². The van der Waals surface area contributed by atoms with Crippen LogP contribution in [0.15, 0.2) is 85.2 Å². The number of hydrogen-bond acceptors (Lipinski definition) is 4. The zero-order valence-corrected chi connectivity index (χ0v) is 17.7. The highest BCUT2D eigenvalue weighted by atomic mass is 16.5. The lowest BCUT2D eigenvalue weighted by molar-refractivity contribution is -0.146. The number of carbonyl (C=O) groups is 2. The van der Waals surface area contributed by atoms with Crippen molar-refractivity contribution in [2.24, 2.45) is 11.3 Å². The minimum atomic E-state index is -0.566. The monoisotopic (exact) mass is 427 g/mol. The highest BCUT2D eigenvalue weighted by Gasteiger charge is 2.55. The third-order valence-electron chi connectivity index (χ3n) is 6.60. The number of anilines is 1. The molecule has 32 heavy (non-hydrogen) atoms. The van der Waals surface area contributed by atoms with E-state index in [2.05, 4.69) is 17.0 Å². The molecule has 0 spiro atoms. The number of ether oxygens (including phenoxy) is 1. The van der Waals surface area contributed by atoms with Crippen LogP contribution in [0.2, 0.25) is 0 Å². The summed E-state index contributed by atoms with van der Waals surface area (Å²) < 4.78 is 7.03. The van der Waals surface area contributed by atoms with Gasteiger partial charge in [0, 0.05) is 24.0 Å². The van der Waals surface area contributed by atoms with Crippen molar-refractivity contribution < 1.29 is 14.3 Å². The van der Waals surface area contributed by atoms with Crippen LogP contribution in [0.5, 0.6) is 0 Å². The predicted molar refractivity (Wildman–Crippen MR) is 121 cm³/mol. The lowest BCUT2D eigenvalue weighted by Gasteiger charge is -2.24. The number of cyclic esters (lactones) is 1. The summed E-state index contributed by atoms with van der Waals surface area (Å²) in [6, 6.07) is 18.5. The summed E-state index contributed by atoms with van der Waals surface area (Å²) >= 11 is 0. The second-order valence-corrected chi connectivity index (χ2v) is 8.74. The Balaban J connectivity index is 1.33. The van der Waals surface area contributed by atoms with E-state index in [9.17, 15) is 9.59 Å². The lowest BCUT2D eigenvalue weighted by Crippen LogP contribution is -2.31. The molecule has 2 aromatic carbocycles. The molecule has 3 unspecified atom stereocenters. The first kappa shape index (κ1) is 20.2. The number of benzene rings is 2. The fourth-order valence-corrected chi connectivity index (χ4v) is 5.04. The molecule has 1 amide bonds. The second kappa shape index (κ2) is 8.11. The van der Waals surface area contributed by atoms with E-state index in [0.717, 1.165) is 23.1 Å². The third kappa shape index (κ3) is 3.62. The molecule has 3 atom stereocenters. The molecule has 6 nitrogen and oxygen atoms in total. The number of carbonyl (C=O) groups excluding carboxylic acids is 2. The maximum atomic E-state index is 13.2. The molecule has 1 saturated heterocycles. The van der Waals surface area contributed by atoms with Crippen LogP contribution in [0.1, 0.15) is 30.0 Å². The number of rotatable bonds is 6. The standard InChI is InChI=1S/C26H25N3O3/c1-18-14-21-17-32-25(31)26(21,15-18)16-19-8-10-22(11-9-19)28-24(30)23(29-13-5-12-27-29)20-6-3-2-4-7-20/h2-13,21,23H,1,14-17H2,(H,28,30). The zero-order valence-electron chi connectivity index (χ0n) is 17.7. The number of nitrogens with zero attached hydrogens (tertiary/aromatic N) is 2. The van der Waals surface area contributed by atoms with Gasteiger partial charge in [0.05, 0.1) is 12.0 Å². The first-order valence-electron chi connectivity index (χ1n) is 10.8. The van der Waals surface area contributed by atoms with Gasteiger partial charge in [0.1, 0.15) is 0 Å². The van der Waals surface area contributed by atoms with Gasteiger partial charge in [-0.25, -0.2) is 0 Å². The molecule has 2 heterocycles. The molecule has 5 rings (SSSR count). The Morgan fingerprint density at radius 2 is 1.97 bits per heavy atom. The van der Waals surface area contributed by atoms with Crippen LogP contribution in [-0.4, -0.2) is 28.3 Å². The first-order chi connectivity index (χ1) is 15.5. The van der Waals surface area contributed by atoms with Gasteiger partial charge in [0.25, 0.3) is 5.91 Å². The van der Waals surface area contributed by atoms with Crippen molar-refractivity contribution in [2.45, 2.75) is 25.3 Å². The highest BCUT2D eigenvalue weighted by Crippen LogP contribution is 2.52. The molecule has 1 N–H and O–H groups in total. The average molecular weight is 428 g/mol. The molecule has 6 heteroatoms. The van der Waals surface area contributed by atoms with E-state index in [0.29, 0.717) is 25.1 Å². The summed E-state index contributed by atoms with van der Waals surface area (Å²) in [7, 11) is 0. The Morgan fingerprint density at radius 1 is 1.19 bits per heavy atom. The van der Waals surface area contributed by atoms with Gasteiger partial charge in [-0.1, -0.05) is 54.6 Å². The van der Waals surface area contributed by atoms with Crippen LogP contribution >= 0.6 is 0 Å². The summed E-state index contributed by atoms with van der Waals surface area (Å²) in [5.41, 5.74) is 3.25. The summed E-state index contributed by atoms with van der Waals surface area (Å²) in [5, 5.41) is 7.28. The number of fused-ring (bicyclic) bond motifs is 1. The largest absolute Gasteiger partial charge is 0.465 e. The number of nitrogens with one attached hydrogen (secondary N) is 1. The second-order valence-electron chi connectivity index (χ2n) is 8.74. The van der Waals surface area contributed by atoms with Crippen LogP contribution < -0.4 is 5.32 Å². The quantitative estimate of drug-likeness (QED) is 0.474. The van der Waals surface area contributed by atoms with Gasteiger partial charge >= 0.3 is 5.97 Å². The van der Waals surface area contributed by atoms with Gasteiger partial charge < -0.3 is 10.1 Å². The van der Waals surface area contributed by atoms with Crippen molar-refractivity contribution >= 4 is 17.6 Å². The number of hydrogen-bond donors (Lipinski definition) is 1. The SMILES string of the molecule is C=C1CC2COC(=O)C2(Cc2ccc(NC(=O)C(c3ccccc3)n3cccn3)cc2)C1. The number of allylic oxidation sites excluding steroid dienone is 1. The Hall–Kier alpha value is -3.67. The number of amides is 1. The average Bonchev–Trinajstić information content (AvgIpc) is 3.49. The Morgan fingerprint density at radius 3 is 2.69 bits per heavy atom. The molecular weight excluding hydrogens is 402 g/mol. The number of esters is 1. The Labute approximate surface area is 186 Å². The van der Waals surface area contributed by atoms with Crippen LogP contribution in [-0.2, 0) is 20.7 Å². The number of aromatic nitrogens is 2. The maximum absolute atomic E-state index is 13.2. The molecule has 1 aliphatic carbocycles. The van der Waals surface area contributed by atoms with Crippen molar-refractivity contribution in [3.63, 3.8) is 0 Å². The van der Waals surface area contributed by atoms with Gasteiger partial charge in [0.15, 0.2) is 6.04 Å². The van der Waals surface area contributed by atoms with E-state index in [4.69, 9.17) is 4.74 Å². The first-order valence-corrected chi connectivity index (χ1v) is 10.8. The van der Waals surface area contributed by atoms with Crippen LogP contribution in [0, 0.1) is 11.3 Å². The van der Waals surface area contributed by atoms with Gasteiger partial charge in [-0.15, -0.1) is 0 Å². The van der Waals surface area contributed by atoms with E-state index >= 15 is 0 Å². The van der Waals surface area contributed by atoms with Crippen molar-refractivity contribution in [3.05, 3.63) is 96.3 Å². The third-order valence-corrected chi connectivity index (χ3v) is 6.60. The minimum Gasteiger partial charge on any atom is -0.465 e. The van der Waals surface area contributed by atoms with E-state index in [1.807, 2.05) is 54.6 Å². The zero-order chi connectivity index (χ0) is 22.1. The molecule has 1 aromatic heterocycles. The van der Waals surface area contributed by atoms with E-state index < -0.39 is 11.5 Å². The Kier molecular flexibility index (Phi) is 5.13. The molecule has 3 aromatic rings. The van der Waals surface area contributed by atoms with Crippen molar-refractivity contribution in [3.8, 4) is 0 Å². The van der Waals surface area contributed by atoms with Crippen molar-refractivity contribution in [1.82, 2.24) is 9.78 Å². The summed E-state index contributed by atoms with van der Waals surface area (Å²) in [4.78, 5) is 25.7.